The summed E-state index contributed by atoms with van der Waals surface area (Å²) >= 11 is 6.18. The van der Waals surface area contributed by atoms with Gasteiger partial charge in [-0.3, -0.25) is 4.99 Å². The summed E-state index contributed by atoms with van der Waals surface area (Å²) in [6.45, 7) is 4.05. The molecule has 2 aromatic rings. The van der Waals surface area contributed by atoms with Crippen LogP contribution in [0.3, 0.4) is 0 Å². The molecule has 3 heteroatoms. The van der Waals surface area contributed by atoms with Gasteiger partial charge in [-0.05, 0) is 29.3 Å². The molecule has 0 bridgehead atoms. The average molecular weight is 283 g/mol. The van der Waals surface area contributed by atoms with Crippen molar-refractivity contribution in [1.82, 2.24) is 0 Å². The van der Waals surface area contributed by atoms with E-state index in [1.165, 1.54) is 0 Å². The first-order chi connectivity index (χ1) is 9.72. The Morgan fingerprint density at radius 3 is 2.60 bits per heavy atom. The molecule has 1 heterocycles. The predicted molar refractivity (Wildman–Crippen MR) is 85.9 cm³/mol. The van der Waals surface area contributed by atoms with Crippen LogP contribution in [0.5, 0.6) is 0 Å². The molecule has 2 nitrogen and oxygen atoms in total. The number of nitrogens with zero attached hydrogens (tertiary/aromatic N) is 1. The van der Waals surface area contributed by atoms with Gasteiger partial charge in [-0.1, -0.05) is 48.0 Å². The van der Waals surface area contributed by atoms with Crippen LogP contribution in [0, 0.1) is 0 Å². The fraction of sp³-hybridized carbons (Fsp3) is 0.118. The van der Waals surface area contributed by atoms with Crippen molar-refractivity contribution in [3.63, 3.8) is 0 Å². The highest BCUT2D eigenvalue weighted by Gasteiger charge is 2.43. The Balaban J connectivity index is 2.34. The normalized spacial score (nSPS) is 22.4. The summed E-state index contributed by atoms with van der Waals surface area (Å²) in [5.41, 5.74) is 2.78. The SMILES string of the molecule is C=CC1(c2ccccc2)C(=NC)Nc2ccc(Cl)cc21. The Morgan fingerprint density at radius 1 is 1.20 bits per heavy atom. The zero-order valence-electron chi connectivity index (χ0n) is 11.2. The Labute approximate surface area is 123 Å². The molecular weight excluding hydrogens is 268 g/mol. The maximum absolute atomic E-state index is 6.18. The topological polar surface area (TPSA) is 24.4 Å². The van der Waals surface area contributed by atoms with E-state index in [0.29, 0.717) is 5.02 Å². The van der Waals surface area contributed by atoms with Crippen molar-refractivity contribution in [1.29, 1.82) is 0 Å². The summed E-state index contributed by atoms with van der Waals surface area (Å²) < 4.78 is 0. The van der Waals surface area contributed by atoms with Gasteiger partial charge in [0.2, 0.25) is 0 Å². The van der Waals surface area contributed by atoms with E-state index >= 15 is 0 Å². The maximum Gasteiger partial charge on any atom is 0.120 e. The number of hydrogen-bond donors (Lipinski definition) is 1. The predicted octanol–water partition coefficient (Wildman–Crippen LogP) is 4.27. The van der Waals surface area contributed by atoms with E-state index in [9.17, 15) is 0 Å². The third-order valence-corrected chi connectivity index (χ3v) is 4.03. The zero-order valence-corrected chi connectivity index (χ0v) is 12.0. The number of benzene rings is 2. The van der Waals surface area contributed by atoms with Crippen molar-refractivity contribution in [3.8, 4) is 0 Å². The number of aliphatic imine (C=N–C) groups is 1. The molecule has 0 radical (unpaired) electrons. The van der Waals surface area contributed by atoms with Crippen molar-refractivity contribution in [3.05, 3.63) is 77.3 Å². The lowest BCUT2D eigenvalue weighted by molar-refractivity contribution is 0.891. The van der Waals surface area contributed by atoms with Crippen LogP contribution in [0.2, 0.25) is 5.02 Å². The van der Waals surface area contributed by atoms with Crippen LogP contribution in [0.1, 0.15) is 11.1 Å². The molecule has 100 valence electrons. The molecule has 0 aliphatic carbocycles. The third-order valence-electron chi connectivity index (χ3n) is 3.79. The van der Waals surface area contributed by atoms with Gasteiger partial charge in [-0.15, -0.1) is 6.58 Å². The summed E-state index contributed by atoms with van der Waals surface area (Å²) in [6, 6.07) is 16.1. The molecule has 0 amide bonds. The second-order valence-corrected chi connectivity index (χ2v) is 5.20. The van der Waals surface area contributed by atoms with Crippen molar-refractivity contribution < 1.29 is 0 Å². The number of halogens is 1. The Bertz CT molecular complexity index is 691. The second kappa shape index (κ2) is 4.80. The van der Waals surface area contributed by atoms with Crippen molar-refractivity contribution in [2.75, 3.05) is 12.4 Å². The fourth-order valence-corrected chi connectivity index (χ4v) is 3.03. The number of amidine groups is 1. The van der Waals surface area contributed by atoms with E-state index in [2.05, 4.69) is 29.0 Å². The van der Waals surface area contributed by atoms with Gasteiger partial charge in [0, 0.05) is 17.8 Å². The van der Waals surface area contributed by atoms with Crippen molar-refractivity contribution in [2.45, 2.75) is 5.41 Å². The van der Waals surface area contributed by atoms with Gasteiger partial charge in [0.15, 0.2) is 0 Å². The summed E-state index contributed by atoms with van der Waals surface area (Å²) in [5, 5.41) is 4.08. The molecule has 0 spiro atoms. The molecule has 0 saturated carbocycles. The summed E-state index contributed by atoms with van der Waals surface area (Å²) in [5.74, 6) is 0.871. The highest BCUT2D eigenvalue weighted by atomic mass is 35.5. The minimum atomic E-state index is -0.462. The molecule has 3 rings (SSSR count). The minimum absolute atomic E-state index is 0.462. The van der Waals surface area contributed by atoms with E-state index < -0.39 is 5.41 Å². The number of fused-ring (bicyclic) bond motifs is 1. The van der Waals surface area contributed by atoms with Crippen LogP contribution in [0.15, 0.2) is 66.2 Å². The Kier molecular flexibility index (Phi) is 3.11. The van der Waals surface area contributed by atoms with Crippen molar-refractivity contribution in [2.24, 2.45) is 4.99 Å². The smallest absolute Gasteiger partial charge is 0.120 e. The summed E-state index contributed by atoms with van der Waals surface area (Å²) in [7, 11) is 1.79. The largest absolute Gasteiger partial charge is 0.342 e. The molecule has 1 N–H and O–H groups in total. The van der Waals surface area contributed by atoms with Crippen LogP contribution >= 0.6 is 11.6 Å². The standard InChI is InChI=1S/C17H15ClN2/c1-3-17(12-7-5-4-6-8-12)14-11-13(18)9-10-15(14)20-16(17)19-2/h3-11H,1H2,2H3,(H,19,20). The van der Waals surface area contributed by atoms with Crippen molar-refractivity contribution >= 4 is 23.1 Å². The monoisotopic (exact) mass is 282 g/mol. The van der Waals surface area contributed by atoms with Crippen LogP contribution in [0.25, 0.3) is 0 Å². The molecule has 0 saturated heterocycles. The van der Waals surface area contributed by atoms with Gasteiger partial charge < -0.3 is 5.32 Å². The summed E-state index contributed by atoms with van der Waals surface area (Å²) in [4.78, 5) is 4.42. The van der Waals surface area contributed by atoms with E-state index in [1.54, 1.807) is 7.05 Å². The first kappa shape index (κ1) is 12.9. The lowest BCUT2D eigenvalue weighted by atomic mass is 9.75. The highest BCUT2D eigenvalue weighted by Crippen LogP contribution is 2.45. The molecule has 1 unspecified atom stereocenters. The van der Waals surface area contributed by atoms with Crippen LogP contribution in [0.4, 0.5) is 5.69 Å². The zero-order chi connectivity index (χ0) is 14.2. The molecule has 2 aromatic carbocycles. The number of hydrogen-bond acceptors (Lipinski definition) is 1. The third kappa shape index (κ3) is 1.69. The highest BCUT2D eigenvalue weighted by molar-refractivity contribution is 6.31. The first-order valence-electron chi connectivity index (χ1n) is 6.46. The second-order valence-electron chi connectivity index (χ2n) is 4.77. The average Bonchev–Trinajstić information content (AvgIpc) is 2.82. The van der Waals surface area contributed by atoms with Gasteiger partial charge in [0.25, 0.3) is 0 Å². The van der Waals surface area contributed by atoms with Crippen LogP contribution in [-0.4, -0.2) is 12.9 Å². The molecule has 1 aliphatic heterocycles. The number of rotatable bonds is 2. The molecule has 1 atom stereocenters. The number of anilines is 1. The van der Waals surface area contributed by atoms with Crippen LogP contribution < -0.4 is 5.32 Å². The van der Waals surface area contributed by atoms with E-state index in [1.807, 2.05) is 42.5 Å². The quantitative estimate of drug-likeness (QED) is 0.818. The molecular formula is C17H15ClN2. The maximum atomic E-state index is 6.18. The van der Waals surface area contributed by atoms with E-state index in [-0.39, 0.29) is 0 Å². The first-order valence-corrected chi connectivity index (χ1v) is 6.83. The van der Waals surface area contributed by atoms with E-state index in [4.69, 9.17) is 11.6 Å². The van der Waals surface area contributed by atoms with Gasteiger partial charge >= 0.3 is 0 Å². The Hall–Kier alpha value is -2.06. The van der Waals surface area contributed by atoms with E-state index in [0.717, 1.165) is 22.6 Å². The fourth-order valence-electron chi connectivity index (χ4n) is 2.86. The minimum Gasteiger partial charge on any atom is -0.342 e. The number of nitrogens with one attached hydrogen (secondary N) is 1. The lowest BCUT2D eigenvalue weighted by Crippen LogP contribution is -2.33. The van der Waals surface area contributed by atoms with Crippen LogP contribution in [-0.2, 0) is 5.41 Å². The van der Waals surface area contributed by atoms with Gasteiger partial charge in [-0.2, -0.15) is 0 Å². The lowest BCUT2D eigenvalue weighted by Gasteiger charge is -2.27. The molecule has 0 fully saturated rings. The van der Waals surface area contributed by atoms with Gasteiger partial charge in [0.05, 0.1) is 5.41 Å². The van der Waals surface area contributed by atoms with Gasteiger partial charge in [-0.25, -0.2) is 0 Å². The Morgan fingerprint density at radius 2 is 1.95 bits per heavy atom. The van der Waals surface area contributed by atoms with Gasteiger partial charge in [0.1, 0.15) is 5.84 Å². The molecule has 20 heavy (non-hydrogen) atoms. The molecule has 0 aromatic heterocycles. The molecule has 1 aliphatic rings. The summed E-state index contributed by atoms with van der Waals surface area (Å²) in [6.07, 6.45) is 1.93.